The molecule has 1 saturated heterocycles. The molecule has 10 nitrogen and oxygen atoms in total. The van der Waals surface area contributed by atoms with Crippen LogP contribution in [0.3, 0.4) is 0 Å². The predicted octanol–water partition coefficient (Wildman–Crippen LogP) is 3.07. The van der Waals surface area contributed by atoms with Gasteiger partial charge in [-0.1, -0.05) is 91.0 Å². The first-order chi connectivity index (χ1) is 21.1. The third-order valence-corrected chi connectivity index (χ3v) is 9.43. The molecule has 1 amide bonds. The number of rotatable bonds is 12. The van der Waals surface area contributed by atoms with Crippen molar-refractivity contribution in [2.75, 3.05) is 46.5 Å². The van der Waals surface area contributed by atoms with Crippen LogP contribution in [-0.2, 0) is 32.2 Å². The number of carbonyl (C=O) groups excluding carboxylic acids is 1. The number of amides is 1. The molecule has 0 bridgehead atoms. The van der Waals surface area contributed by atoms with Gasteiger partial charge < -0.3 is 9.80 Å². The molecule has 1 aliphatic rings. The lowest BCUT2D eigenvalue weighted by molar-refractivity contribution is -0.133. The Morgan fingerprint density at radius 3 is 1.95 bits per heavy atom. The molecule has 44 heavy (non-hydrogen) atoms. The number of nitrogens with zero attached hydrogens (tertiary/aromatic N) is 6. The molecular weight excluding hydrogens is 574 g/mol. The van der Waals surface area contributed by atoms with Gasteiger partial charge in [-0.25, -0.2) is 13.1 Å². The molecule has 3 aromatic carbocycles. The molecule has 1 fully saturated rings. The van der Waals surface area contributed by atoms with Crippen molar-refractivity contribution >= 4 is 15.9 Å². The van der Waals surface area contributed by atoms with Gasteiger partial charge in [-0.15, -0.1) is 10.2 Å². The Morgan fingerprint density at radius 1 is 0.886 bits per heavy atom. The fourth-order valence-electron chi connectivity index (χ4n) is 6.38. The number of benzene rings is 3. The standard InChI is InChI=1S/C33H41N7O3S/c1-38(2)31(41)33(28-15-9-5-10-16-28,29-17-11-6-12-18-29)21-25-39-23-19-32(20-24-39,27-13-7-4-8-14-27)30-35-37-40(36-30)26-22-34-44(3,42)43/h4-18,34H,19-26H2,1-3H3. The van der Waals surface area contributed by atoms with Crippen LogP contribution in [0.25, 0.3) is 0 Å². The summed E-state index contributed by atoms with van der Waals surface area (Å²) in [5, 5.41) is 13.5. The molecule has 1 aromatic heterocycles. The maximum Gasteiger partial charge on any atom is 0.237 e. The van der Waals surface area contributed by atoms with Crippen molar-refractivity contribution < 1.29 is 13.2 Å². The van der Waals surface area contributed by atoms with Gasteiger partial charge in [-0.05, 0) is 60.8 Å². The smallest absolute Gasteiger partial charge is 0.237 e. The number of likely N-dealkylation sites (tertiary alicyclic amines) is 1. The SMILES string of the molecule is CN(C)C(=O)C(CCN1CCC(c2ccccc2)(c2nnn(CCNS(C)(=O)=O)n2)CC1)(c1ccccc1)c1ccccc1. The highest BCUT2D eigenvalue weighted by atomic mass is 32.2. The number of nitrogens with one attached hydrogen (secondary N) is 1. The van der Waals surface area contributed by atoms with Gasteiger partial charge in [0.15, 0.2) is 5.82 Å². The molecule has 1 aliphatic heterocycles. The van der Waals surface area contributed by atoms with Crippen LogP contribution in [0.1, 0.15) is 41.8 Å². The number of carbonyl (C=O) groups is 1. The van der Waals surface area contributed by atoms with Gasteiger partial charge in [0.25, 0.3) is 0 Å². The number of hydrogen-bond acceptors (Lipinski definition) is 7. The quantitative estimate of drug-likeness (QED) is 0.261. The van der Waals surface area contributed by atoms with Crippen molar-refractivity contribution in [2.24, 2.45) is 0 Å². The van der Waals surface area contributed by atoms with Gasteiger partial charge in [0, 0.05) is 20.6 Å². The van der Waals surface area contributed by atoms with Gasteiger partial charge >= 0.3 is 0 Å². The molecule has 0 atom stereocenters. The van der Waals surface area contributed by atoms with Crippen molar-refractivity contribution in [2.45, 2.75) is 36.6 Å². The Hall–Kier alpha value is -3.93. The summed E-state index contributed by atoms with van der Waals surface area (Å²) in [5.41, 5.74) is 1.89. The van der Waals surface area contributed by atoms with E-state index >= 15 is 0 Å². The summed E-state index contributed by atoms with van der Waals surface area (Å²) < 4.78 is 25.5. The number of piperidine rings is 1. The Balaban J connectivity index is 1.38. The fraction of sp³-hybridized carbons (Fsp3) is 0.394. The second-order valence-electron chi connectivity index (χ2n) is 11.8. The normalized spacial score (nSPS) is 15.6. The van der Waals surface area contributed by atoms with Crippen LogP contribution in [-0.4, -0.2) is 90.9 Å². The van der Waals surface area contributed by atoms with Crippen LogP contribution in [0.2, 0.25) is 0 Å². The van der Waals surface area contributed by atoms with E-state index in [1.54, 1.807) is 4.90 Å². The summed E-state index contributed by atoms with van der Waals surface area (Å²) in [6.45, 7) is 2.82. The Kier molecular flexibility index (Phi) is 9.57. The number of hydrogen-bond donors (Lipinski definition) is 1. The van der Waals surface area contributed by atoms with Crippen LogP contribution in [0, 0.1) is 0 Å². The van der Waals surface area contributed by atoms with E-state index < -0.39 is 20.9 Å². The molecule has 0 aliphatic carbocycles. The van der Waals surface area contributed by atoms with Gasteiger partial charge in [-0.2, -0.15) is 4.80 Å². The molecule has 2 heterocycles. The van der Waals surface area contributed by atoms with Crippen molar-refractivity contribution in [3.63, 3.8) is 0 Å². The number of aromatic nitrogens is 4. The van der Waals surface area contributed by atoms with Crippen molar-refractivity contribution in [1.29, 1.82) is 0 Å². The van der Waals surface area contributed by atoms with Gasteiger partial charge in [0.2, 0.25) is 15.9 Å². The molecular formula is C33H41N7O3S. The number of tetrazole rings is 1. The minimum atomic E-state index is -3.30. The van der Waals surface area contributed by atoms with E-state index in [2.05, 4.69) is 56.3 Å². The number of sulfonamides is 1. The molecule has 0 saturated carbocycles. The van der Waals surface area contributed by atoms with E-state index in [-0.39, 0.29) is 19.0 Å². The highest BCUT2D eigenvalue weighted by Crippen LogP contribution is 2.42. The van der Waals surface area contributed by atoms with Crippen LogP contribution in [0.15, 0.2) is 91.0 Å². The van der Waals surface area contributed by atoms with Crippen molar-refractivity contribution in [3.05, 3.63) is 114 Å². The third kappa shape index (κ3) is 6.74. The summed E-state index contributed by atoms with van der Waals surface area (Å²) in [6.07, 6.45) is 3.34. The predicted molar refractivity (Wildman–Crippen MR) is 171 cm³/mol. The third-order valence-electron chi connectivity index (χ3n) is 8.70. The topological polar surface area (TPSA) is 113 Å². The van der Waals surface area contributed by atoms with E-state index in [1.807, 2.05) is 68.7 Å². The zero-order valence-electron chi connectivity index (χ0n) is 25.6. The average Bonchev–Trinajstić information content (AvgIpc) is 3.52. The molecule has 11 heteroatoms. The molecule has 0 unspecified atom stereocenters. The number of likely N-dealkylation sites (N-methyl/N-ethyl adjacent to an activating group) is 1. The highest BCUT2D eigenvalue weighted by molar-refractivity contribution is 7.88. The molecule has 0 spiro atoms. The van der Waals surface area contributed by atoms with Crippen molar-refractivity contribution in [1.82, 2.24) is 34.7 Å². The van der Waals surface area contributed by atoms with E-state index in [4.69, 9.17) is 5.10 Å². The summed E-state index contributed by atoms with van der Waals surface area (Å²) >= 11 is 0. The minimum absolute atomic E-state index is 0.0664. The maximum atomic E-state index is 14.1. The van der Waals surface area contributed by atoms with Gasteiger partial charge in [-0.3, -0.25) is 4.79 Å². The minimum Gasteiger partial charge on any atom is -0.348 e. The first-order valence-corrected chi connectivity index (χ1v) is 16.9. The Morgan fingerprint density at radius 2 is 1.43 bits per heavy atom. The summed E-state index contributed by atoms with van der Waals surface area (Å²) in [7, 11) is 0.358. The fourth-order valence-corrected chi connectivity index (χ4v) is 6.84. The van der Waals surface area contributed by atoms with Crippen LogP contribution in [0.5, 0.6) is 0 Å². The lowest BCUT2D eigenvalue weighted by Crippen LogP contribution is -2.49. The molecule has 4 aromatic rings. The van der Waals surface area contributed by atoms with Crippen molar-refractivity contribution in [3.8, 4) is 0 Å². The second-order valence-corrected chi connectivity index (χ2v) is 13.6. The van der Waals surface area contributed by atoms with Crippen LogP contribution >= 0.6 is 0 Å². The van der Waals surface area contributed by atoms with E-state index in [0.29, 0.717) is 12.2 Å². The zero-order chi connectivity index (χ0) is 31.2. The van der Waals surface area contributed by atoms with E-state index in [9.17, 15) is 13.2 Å². The molecule has 0 radical (unpaired) electrons. The second kappa shape index (κ2) is 13.4. The zero-order valence-corrected chi connectivity index (χ0v) is 26.4. The maximum absolute atomic E-state index is 14.1. The van der Waals surface area contributed by atoms with Crippen LogP contribution in [0.4, 0.5) is 0 Å². The lowest BCUT2D eigenvalue weighted by atomic mass is 9.70. The average molecular weight is 616 g/mol. The van der Waals surface area contributed by atoms with Gasteiger partial charge in [0.05, 0.1) is 18.2 Å². The highest BCUT2D eigenvalue weighted by Gasteiger charge is 2.45. The Labute approximate surface area is 260 Å². The summed E-state index contributed by atoms with van der Waals surface area (Å²) in [5.74, 6) is 0.713. The Bertz CT molecular complexity index is 1580. The molecule has 5 rings (SSSR count). The van der Waals surface area contributed by atoms with E-state index in [1.165, 1.54) is 4.80 Å². The van der Waals surface area contributed by atoms with E-state index in [0.717, 1.165) is 55.4 Å². The van der Waals surface area contributed by atoms with Gasteiger partial charge in [0.1, 0.15) is 5.41 Å². The monoisotopic (exact) mass is 615 g/mol. The first-order valence-electron chi connectivity index (χ1n) is 15.0. The lowest BCUT2D eigenvalue weighted by Gasteiger charge is -2.42. The van der Waals surface area contributed by atoms with Crippen LogP contribution < -0.4 is 4.72 Å². The molecule has 232 valence electrons. The molecule has 1 N–H and O–H groups in total. The summed E-state index contributed by atoms with van der Waals surface area (Å²) in [4.78, 5) is 19.7. The summed E-state index contributed by atoms with van der Waals surface area (Å²) in [6, 6.07) is 30.5. The largest absolute Gasteiger partial charge is 0.348 e. The first kappa shape index (κ1) is 31.5.